The Labute approximate surface area is 137 Å². The molecule has 0 unspecified atom stereocenters. The fourth-order valence-corrected chi connectivity index (χ4v) is 2.46. The molecule has 2 N–H and O–H groups in total. The normalized spacial score (nSPS) is 12.7. The van der Waals surface area contributed by atoms with E-state index in [0.717, 1.165) is 17.7 Å². The molecule has 0 bridgehead atoms. The summed E-state index contributed by atoms with van der Waals surface area (Å²) in [6.45, 7) is 0.334. The van der Waals surface area contributed by atoms with Gasteiger partial charge in [-0.05, 0) is 29.2 Å². The Balaban J connectivity index is 2.32. The Hall–Kier alpha value is -2.47. The number of carbonyl (C=O) groups excluding carboxylic acids is 2. The van der Waals surface area contributed by atoms with E-state index in [1.54, 1.807) is 24.3 Å². The number of halogens is 3. The molecule has 0 aromatic heterocycles. The van der Waals surface area contributed by atoms with Gasteiger partial charge in [-0.15, -0.1) is 0 Å². The molecule has 0 saturated carbocycles. The topological polar surface area (TPSA) is 60.2 Å². The first-order valence-electron chi connectivity index (χ1n) is 7.29. The number of nitrogens with two attached hydrogens (primary N) is 1. The monoisotopic (exact) mass is 335 g/mol. The quantitative estimate of drug-likeness (QED) is 0.651. The van der Waals surface area contributed by atoms with E-state index in [-0.39, 0.29) is 12.7 Å². The molecule has 1 atom stereocenters. The van der Waals surface area contributed by atoms with Gasteiger partial charge in [0.2, 0.25) is 5.78 Å². The van der Waals surface area contributed by atoms with E-state index >= 15 is 0 Å². The van der Waals surface area contributed by atoms with Crippen molar-refractivity contribution in [3.8, 4) is 0 Å². The summed E-state index contributed by atoms with van der Waals surface area (Å²) < 4.78 is 38.4. The fourth-order valence-electron chi connectivity index (χ4n) is 2.46. The van der Waals surface area contributed by atoms with Crippen molar-refractivity contribution in [3.05, 3.63) is 70.8 Å². The van der Waals surface area contributed by atoms with Gasteiger partial charge in [0.05, 0.1) is 11.5 Å². The molecule has 126 valence electrons. The molecule has 0 amide bonds. The molecule has 0 spiro atoms. The summed E-state index contributed by atoms with van der Waals surface area (Å²) in [6.07, 6.45) is -4.23. The van der Waals surface area contributed by atoms with Crippen LogP contribution in [0.1, 0.15) is 28.2 Å². The zero-order chi connectivity index (χ0) is 17.7. The predicted molar refractivity (Wildman–Crippen MR) is 83.3 cm³/mol. The first kappa shape index (κ1) is 17.9. The summed E-state index contributed by atoms with van der Waals surface area (Å²) >= 11 is 0. The number of aldehydes is 1. The molecule has 2 aromatic rings. The van der Waals surface area contributed by atoms with Gasteiger partial charge in [-0.2, -0.15) is 13.2 Å². The highest BCUT2D eigenvalue weighted by Gasteiger charge is 2.31. The van der Waals surface area contributed by atoms with Crippen molar-refractivity contribution >= 4 is 12.1 Å². The molecule has 0 aliphatic carbocycles. The number of hydrogen-bond acceptors (Lipinski definition) is 3. The average molecular weight is 335 g/mol. The van der Waals surface area contributed by atoms with Crippen molar-refractivity contribution in [2.24, 2.45) is 5.73 Å². The highest BCUT2D eigenvalue weighted by Crippen LogP contribution is 2.31. The van der Waals surface area contributed by atoms with Crippen LogP contribution in [0.3, 0.4) is 0 Å². The van der Waals surface area contributed by atoms with Crippen LogP contribution in [0.2, 0.25) is 0 Å². The van der Waals surface area contributed by atoms with Crippen LogP contribution in [0.5, 0.6) is 0 Å². The van der Waals surface area contributed by atoms with Gasteiger partial charge in [0.25, 0.3) is 0 Å². The van der Waals surface area contributed by atoms with E-state index in [1.165, 1.54) is 12.1 Å². The van der Waals surface area contributed by atoms with E-state index in [2.05, 4.69) is 0 Å². The van der Waals surface area contributed by atoms with Crippen LogP contribution in [-0.2, 0) is 28.7 Å². The van der Waals surface area contributed by atoms with E-state index in [1.807, 2.05) is 0 Å². The summed E-state index contributed by atoms with van der Waals surface area (Å²) in [6, 6.07) is 11.6. The third-order valence-electron chi connectivity index (χ3n) is 3.77. The van der Waals surface area contributed by atoms with Gasteiger partial charge in [0.15, 0.2) is 6.29 Å². The number of hydrogen-bond donors (Lipinski definition) is 1. The molecule has 0 aliphatic heterocycles. The first-order chi connectivity index (χ1) is 11.3. The number of rotatable bonds is 6. The SMILES string of the molecule is NCc1ccc([C@H](Cc2cccc(C(F)(F)F)c2)C(=O)C=O)cc1. The Kier molecular flexibility index (Phi) is 5.51. The molecular formula is C18H16F3NO2. The lowest BCUT2D eigenvalue weighted by atomic mass is 9.88. The smallest absolute Gasteiger partial charge is 0.326 e. The summed E-state index contributed by atoms with van der Waals surface area (Å²) in [4.78, 5) is 22.8. The molecule has 0 aliphatic rings. The van der Waals surface area contributed by atoms with Gasteiger partial charge in [-0.3, -0.25) is 9.59 Å². The summed E-state index contributed by atoms with van der Waals surface area (Å²) in [5, 5.41) is 0. The highest BCUT2D eigenvalue weighted by atomic mass is 19.4. The molecule has 2 rings (SSSR count). The zero-order valence-electron chi connectivity index (χ0n) is 12.7. The van der Waals surface area contributed by atoms with Crippen molar-refractivity contribution in [3.63, 3.8) is 0 Å². The highest BCUT2D eigenvalue weighted by molar-refractivity contribution is 6.27. The number of Topliss-reactive ketones (excluding diaryl/α,β-unsaturated/α-hetero) is 1. The molecular weight excluding hydrogens is 319 g/mol. The summed E-state index contributed by atoms with van der Waals surface area (Å²) in [5.74, 6) is -1.49. The molecule has 3 nitrogen and oxygen atoms in total. The molecule has 6 heteroatoms. The second-order valence-corrected chi connectivity index (χ2v) is 5.42. The summed E-state index contributed by atoms with van der Waals surface area (Å²) in [7, 11) is 0. The van der Waals surface area contributed by atoms with Gasteiger partial charge >= 0.3 is 6.18 Å². The zero-order valence-corrected chi connectivity index (χ0v) is 12.7. The Morgan fingerprint density at radius 2 is 1.75 bits per heavy atom. The van der Waals surface area contributed by atoms with Crippen LogP contribution in [0.4, 0.5) is 13.2 Å². The molecule has 24 heavy (non-hydrogen) atoms. The second-order valence-electron chi connectivity index (χ2n) is 5.42. The molecule has 0 fully saturated rings. The lowest BCUT2D eigenvalue weighted by Crippen LogP contribution is -2.17. The largest absolute Gasteiger partial charge is 0.416 e. The minimum absolute atomic E-state index is 0.0173. The maximum atomic E-state index is 12.8. The molecule has 2 aromatic carbocycles. The standard InChI is InChI=1S/C18H16F3NO2/c19-18(20,21)15-3-1-2-13(8-15)9-16(17(24)11-23)14-6-4-12(10-22)5-7-14/h1-8,11,16H,9-10,22H2/t16-/m0/s1. The van der Waals surface area contributed by atoms with Crippen LogP contribution in [0.15, 0.2) is 48.5 Å². The van der Waals surface area contributed by atoms with Gasteiger partial charge in [0, 0.05) is 6.54 Å². The number of ketones is 1. The van der Waals surface area contributed by atoms with Crippen LogP contribution < -0.4 is 5.73 Å². The first-order valence-corrected chi connectivity index (χ1v) is 7.29. The van der Waals surface area contributed by atoms with Crippen molar-refractivity contribution < 1.29 is 22.8 Å². The van der Waals surface area contributed by atoms with Crippen LogP contribution in [-0.4, -0.2) is 12.1 Å². The summed E-state index contributed by atoms with van der Waals surface area (Å²) in [5.41, 5.74) is 6.50. The molecule has 0 heterocycles. The lowest BCUT2D eigenvalue weighted by Gasteiger charge is -2.15. The fraction of sp³-hybridized carbons (Fsp3) is 0.222. The van der Waals surface area contributed by atoms with Crippen molar-refractivity contribution in [2.75, 3.05) is 0 Å². The van der Waals surface area contributed by atoms with Crippen LogP contribution in [0, 0.1) is 0 Å². The van der Waals surface area contributed by atoms with Gasteiger partial charge in [-0.1, -0.05) is 42.5 Å². The van der Waals surface area contributed by atoms with E-state index < -0.39 is 23.4 Å². The number of alkyl halides is 3. The molecule has 0 saturated heterocycles. The van der Waals surface area contributed by atoms with Gasteiger partial charge < -0.3 is 5.73 Å². The van der Waals surface area contributed by atoms with Gasteiger partial charge in [-0.25, -0.2) is 0 Å². The Morgan fingerprint density at radius 3 is 2.29 bits per heavy atom. The predicted octanol–water partition coefficient (Wildman–Crippen LogP) is 3.26. The van der Waals surface area contributed by atoms with E-state index in [4.69, 9.17) is 5.73 Å². The van der Waals surface area contributed by atoms with Crippen LogP contribution >= 0.6 is 0 Å². The number of benzene rings is 2. The third kappa shape index (κ3) is 4.29. The van der Waals surface area contributed by atoms with Gasteiger partial charge in [0.1, 0.15) is 0 Å². The Morgan fingerprint density at radius 1 is 1.08 bits per heavy atom. The van der Waals surface area contributed by atoms with Crippen LogP contribution in [0.25, 0.3) is 0 Å². The minimum Gasteiger partial charge on any atom is -0.326 e. The Bertz CT molecular complexity index is 724. The van der Waals surface area contributed by atoms with Crippen molar-refractivity contribution in [1.29, 1.82) is 0 Å². The third-order valence-corrected chi connectivity index (χ3v) is 3.77. The minimum atomic E-state index is -4.46. The maximum absolute atomic E-state index is 12.8. The second kappa shape index (κ2) is 7.40. The van der Waals surface area contributed by atoms with Crippen molar-refractivity contribution in [1.82, 2.24) is 0 Å². The lowest BCUT2D eigenvalue weighted by molar-refractivity contribution is -0.137. The molecule has 0 radical (unpaired) electrons. The number of carbonyl (C=O) groups is 2. The average Bonchev–Trinajstić information content (AvgIpc) is 2.58. The van der Waals surface area contributed by atoms with E-state index in [0.29, 0.717) is 17.7 Å². The van der Waals surface area contributed by atoms with E-state index in [9.17, 15) is 22.8 Å². The maximum Gasteiger partial charge on any atom is 0.416 e. The van der Waals surface area contributed by atoms with Crippen molar-refractivity contribution in [2.45, 2.75) is 25.1 Å².